The molecule has 2 aliphatic heterocycles. The largest absolute Gasteiger partial charge is 0.327 e. The van der Waals surface area contributed by atoms with Crippen molar-refractivity contribution in [2.75, 3.05) is 0 Å². The van der Waals surface area contributed by atoms with E-state index in [1.165, 1.54) is 0 Å². The minimum Gasteiger partial charge on any atom is -0.327 e. The molecule has 0 aromatic rings. The van der Waals surface area contributed by atoms with Crippen molar-refractivity contribution in [1.82, 2.24) is 4.90 Å². The average molecular weight is 167 g/mol. The van der Waals surface area contributed by atoms with E-state index in [2.05, 4.69) is 32.6 Å². The summed E-state index contributed by atoms with van der Waals surface area (Å²) in [6.45, 7) is 8.80. The van der Waals surface area contributed by atoms with Gasteiger partial charge in [0.15, 0.2) is 0 Å². The summed E-state index contributed by atoms with van der Waals surface area (Å²) in [5, 5.41) is 0. The minimum absolute atomic E-state index is 0.168. The second kappa shape index (κ2) is 1.86. The number of rotatable bonds is 1. The van der Waals surface area contributed by atoms with Crippen LogP contribution < -0.4 is 0 Å². The summed E-state index contributed by atoms with van der Waals surface area (Å²) in [7, 11) is 0. The van der Waals surface area contributed by atoms with Gasteiger partial charge in [-0.25, -0.2) is 0 Å². The van der Waals surface area contributed by atoms with Crippen molar-refractivity contribution in [3.63, 3.8) is 0 Å². The number of piperidine rings is 1. The molecule has 2 fully saturated rings. The van der Waals surface area contributed by atoms with Gasteiger partial charge >= 0.3 is 0 Å². The quantitative estimate of drug-likeness (QED) is 0.545. The van der Waals surface area contributed by atoms with E-state index < -0.39 is 0 Å². The molecule has 2 rings (SSSR count). The van der Waals surface area contributed by atoms with Gasteiger partial charge in [0.2, 0.25) is 5.91 Å². The molecule has 0 aromatic heterocycles. The van der Waals surface area contributed by atoms with Crippen LogP contribution in [0, 0.1) is 5.92 Å². The van der Waals surface area contributed by atoms with Crippen LogP contribution in [0.5, 0.6) is 0 Å². The Morgan fingerprint density at radius 1 is 1.58 bits per heavy atom. The maximum atomic E-state index is 11.5. The van der Waals surface area contributed by atoms with Gasteiger partial charge in [-0.3, -0.25) is 4.79 Å². The lowest BCUT2D eigenvalue weighted by atomic mass is 9.82. The molecular weight excluding hydrogens is 150 g/mol. The summed E-state index contributed by atoms with van der Waals surface area (Å²) in [6.07, 6.45) is 1.84. The molecule has 2 aliphatic rings. The second-order valence-electron chi connectivity index (χ2n) is 4.61. The Morgan fingerprint density at radius 3 is 2.42 bits per heavy atom. The van der Waals surface area contributed by atoms with Crippen molar-refractivity contribution in [3.05, 3.63) is 0 Å². The van der Waals surface area contributed by atoms with Crippen LogP contribution in [0.3, 0.4) is 0 Å². The summed E-state index contributed by atoms with van der Waals surface area (Å²) in [6, 6.07) is 0. The Labute approximate surface area is 73.9 Å². The van der Waals surface area contributed by atoms with Gasteiger partial charge in [-0.05, 0) is 26.2 Å². The van der Waals surface area contributed by atoms with E-state index in [4.69, 9.17) is 0 Å². The lowest BCUT2D eigenvalue weighted by molar-refractivity contribution is -0.125. The van der Waals surface area contributed by atoms with Gasteiger partial charge in [-0.2, -0.15) is 0 Å². The van der Waals surface area contributed by atoms with Crippen LogP contribution in [0.4, 0.5) is 0 Å². The van der Waals surface area contributed by atoms with E-state index in [1.54, 1.807) is 0 Å². The van der Waals surface area contributed by atoms with Gasteiger partial charge in [0.1, 0.15) is 0 Å². The zero-order chi connectivity index (χ0) is 9.15. The fourth-order valence-corrected chi connectivity index (χ4v) is 3.05. The van der Waals surface area contributed by atoms with E-state index in [-0.39, 0.29) is 11.1 Å². The van der Waals surface area contributed by atoms with E-state index in [0.717, 1.165) is 12.8 Å². The zero-order valence-electron chi connectivity index (χ0n) is 8.35. The van der Waals surface area contributed by atoms with E-state index in [9.17, 15) is 4.79 Å². The summed E-state index contributed by atoms with van der Waals surface area (Å²) >= 11 is 0. The molecule has 2 heterocycles. The highest BCUT2D eigenvalue weighted by molar-refractivity contribution is 5.86. The molecule has 0 spiro atoms. The fourth-order valence-electron chi connectivity index (χ4n) is 3.05. The predicted molar refractivity (Wildman–Crippen MR) is 47.7 cm³/mol. The monoisotopic (exact) mass is 167 g/mol. The molecule has 2 heteroatoms. The first kappa shape index (κ1) is 8.09. The number of carbonyl (C=O) groups is 1. The Balaban J connectivity index is 2.35. The third kappa shape index (κ3) is 0.540. The molecule has 0 radical (unpaired) electrons. The van der Waals surface area contributed by atoms with Crippen LogP contribution in [0.15, 0.2) is 0 Å². The smallest absolute Gasteiger partial charge is 0.224 e. The number of carbonyl (C=O) groups excluding carboxylic acids is 1. The SMILES string of the molecule is CCC1(C)N2C(=O)CC(C)C21C. The van der Waals surface area contributed by atoms with Crippen LogP contribution >= 0.6 is 0 Å². The summed E-state index contributed by atoms with van der Waals surface area (Å²) in [5.74, 6) is 0.893. The molecule has 2 saturated heterocycles. The maximum absolute atomic E-state index is 11.5. The van der Waals surface area contributed by atoms with Gasteiger partial charge in [0.05, 0.1) is 11.1 Å². The Kier molecular flexibility index (Phi) is 1.25. The lowest BCUT2D eigenvalue weighted by Crippen LogP contribution is -2.27. The third-order valence-electron chi connectivity index (χ3n) is 4.38. The standard InChI is InChI=1S/C10H17NO/c1-5-9(3)10(4)7(2)6-8(12)11(9)10/h7H,5-6H2,1-4H3. The first-order chi connectivity index (χ1) is 5.48. The molecule has 68 valence electrons. The molecular formula is C10H17NO. The molecule has 0 aromatic carbocycles. The first-order valence-electron chi connectivity index (χ1n) is 4.81. The Hall–Kier alpha value is -0.530. The van der Waals surface area contributed by atoms with E-state index >= 15 is 0 Å². The normalized spacial score (nSPS) is 51.2. The zero-order valence-corrected chi connectivity index (χ0v) is 8.35. The molecule has 0 N–H and O–H groups in total. The molecule has 0 aliphatic carbocycles. The van der Waals surface area contributed by atoms with Crippen LogP contribution in [0.25, 0.3) is 0 Å². The van der Waals surface area contributed by atoms with Gasteiger partial charge in [0, 0.05) is 6.42 Å². The molecule has 1 amide bonds. The average Bonchev–Trinajstić information content (AvgIpc) is 2.40. The number of hydrogen-bond donors (Lipinski definition) is 0. The minimum atomic E-state index is 0.168. The number of hydrogen-bond acceptors (Lipinski definition) is 1. The van der Waals surface area contributed by atoms with E-state index in [0.29, 0.717) is 11.8 Å². The molecule has 3 atom stereocenters. The van der Waals surface area contributed by atoms with Crippen LogP contribution in [0.2, 0.25) is 0 Å². The highest BCUT2D eigenvalue weighted by Gasteiger charge is 2.75. The molecule has 2 nitrogen and oxygen atoms in total. The van der Waals surface area contributed by atoms with Crippen molar-refractivity contribution >= 4 is 5.91 Å². The Bertz CT molecular complexity index is 250. The van der Waals surface area contributed by atoms with Crippen LogP contribution in [-0.2, 0) is 4.79 Å². The summed E-state index contributed by atoms with van der Waals surface area (Å²) in [4.78, 5) is 13.6. The fraction of sp³-hybridized carbons (Fsp3) is 0.900. The molecule has 0 saturated carbocycles. The van der Waals surface area contributed by atoms with Gasteiger partial charge < -0.3 is 4.90 Å². The van der Waals surface area contributed by atoms with Gasteiger partial charge in [0.25, 0.3) is 0 Å². The van der Waals surface area contributed by atoms with Crippen molar-refractivity contribution in [2.24, 2.45) is 5.92 Å². The third-order valence-corrected chi connectivity index (χ3v) is 4.38. The van der Waals surface area contributed by atoms with Crippen molar-refractivity contribution in [3.8, 4) is 0 Å². The Morgan fingerprint density at radius 2 is 2.17 bits per heavy atom. The van der Waals surface area contributed by atoms with Crippen LogP contribution in [0.1, 0.15) is 40.5 Å². The summed E-state index contributed by atoms with van der Waals surface area (Å²) in [5.41, 5.74) is 0.348. The number of nitrogens with zero attached hydrogens (tertiary/aromatic N) is 1. The topological polar surface area (TPSA) is 20.1 Å². The second-order valence-corrected chi connectivity index (χ2v) is 4.61. The lowest BCUT2D eigenvalue weighted by Gasteiger charge is -2.17. The molecule has 3 unspecified atom stereocenters. The van der Waals surface area contributed by atoms with Crippen LogP contribution in [-0.4, -0.2) is 21.9 Å². The summed E-state index contributed by atoms with van der Waals surface area (Å²) < 4.78 is 0. The van der Waals surface area contributed by atoms with Gasteiger partial charge in [-0.1, -0.05) is 13.8 Å². The highest BCUT2D eigenvalue weighted by Crippen LogP contribution is 2.62. The van der Waals surface area contributed by atoms with E-state index in [1.807, 2.05) is 0 Å². The highest BCUT2D eigenvalue weighted by atomic mass is 16.2. The van der Waals surface area contributed by atoms with Crippen molar-refractivity contribution < 1.29 is 4.79 Å². The molecule has 12 heavy (non-hydrogen) atoms. The predicted octanol–water partition coefficient (Wildman–Crippen LogP) is 1.80. The molecule has 0 bridgehead atoms. The van der Waals surface area contributed by atoms with Crippen molar-refractivity contribution in [1.29, 1.82) is 0 Å². The maximum Gasteiger partial charge on any atom is 0.224 e. The first-order valence-corrected chi connectivity index (χ1v) is 4.81. The van der Waals surface area contributed by atoms with Gasteiger partial charge in [-0.15, -0.1) is 0 Å². The van der Waals surface area contributed by atoms with Crippen molar-refractivity contribution in [2.45, 2.75) is 51.6 Å². The number of fused-ring (bicyclic) bond motifs is 1. The number of amides is 1.